The second-order valence-corrected chi connectivity index (χ2v) is 1.54. The van der Waals surface area contributed by atoms with Gasteiger partial charge in [-0.2, -0.15) is 0 Å². The van der Waals surface area contributed by atoms with Gasteiger partial charge in [-0.05, 0) is 0 Å². The summed E-state index contributed by atoms with van der Waals surface area (Å²) < 4.78 is 8.88. The van der Waals surface area contributed by atoms with E-state index in [4.69, 9.17) is 19.2 Å². The molecule has 0 amide bonds. The zero-order valence-electron chi connectivity index (χ0n) is 2.90. The van der Waals surface area contributed by atoms with Crippen LogP contribution in [0.3, 0.4) is 0 Å². The Bertz CT molecular complexity index is 57.8. The van der Waals surface area contributed by atoms with E-state index >= 15 is 0 Å². The molecule has 0 unspecified atom stereocenters. The van der Waals surface area contributed by atoms with Crippen molar-refractivity contribution in [2.45, 2.75) is 0 Å². The van der Waals surface area contributed by atoms with Gasteiger partial charge in [-0.15, -0.1) is 0 Å². The molecule has 0 heterocycles. The summed E-state index contributed by atoms with van der Waals surface area (Å²) in [4.78, 5) is 21.6. The van der Waals surface area contributed by atoms with Crippen LogP contribution in [-0.4, -0.2) is 23.1 Å². The van der Waals surface area contributed by atoms with Gasteiger partial charge in [0.25, 0.3) is 0 Å². The predicted molar refractivity (Wildman–Crippen MR) is 24.2 cm³/mol. The third-order valence-corrected chi connectivity index (χ3v) is 0. The van der Waals surface area contributed by atoms with E-state index in [1.165, 1.54) is 0 Å². The van der Waals surface area contributed by atoms with E-state index in [0.29, 0.717) is 0 Å². The third-order valence-electron chi connectivity index (χ3n) is 0. The first-order chi connectivity index (χ1) is 2.00. The van der Waals surface area contributed by atoms with Crippen molar-refractivity contribution >= 4 is 16.2 Å². The first kappa shape index (κ1) is 15.7. The Labute approximate surface area is 55.5 Å². The van der Waals surface area contributed by atoms with Crippen molar-refractivity contribution in [2.75, 3.05) is 0 Å². The summed E-state index contributed by atoms with van der Waals surface area (Å²) in [5, 5.41) is 0. The molecule has 0 aromatic carbocycles. The summed E-state index contributed by atoms with van der Waals surface area (Å²) in [7, 11) is -4.64. The predicted octanol–water partition coefficient (Wildman–Crippen LogP) is -2.12. The van der Waals surface area contributed by atoms with Gasteiger partial charge in [0.2, 0.25) is 0 Å². The molecule has 0 spiro atoms. The van der Waals surface area contributed by atoms with Crippen LogP contribution in [0.25, 0.3) is 0 Å². The summed E-state index contributed by atoms with van der Waals surface area (Å²) in [6.45, 7) is 0. The molecule has 0 radical (unpaired) electrons. The average molecular weight is 177 g/mol. The smallest absolute Gasteiger partial charge is 0.303 e. The molecule has 0 aromatic heterocycles. The molecular formula is H6BO4PZn. The Morgan fingerprint density at radius 3 is 1.14 bits per heavy atom. The molecule has 40 valence electrons. The largest absolute Gasteiger partial charge is 0.466 e. The Morgan fingerprint density at radius 2 is 1.14 bits per heavy atom. The van der Waals surface area contributed by atoms with Gasteiger partial charge in [-0.3, -0.25) is 0 Å². The zero-order chi connectivity index (χ0) is 4.50. The number of rotatable bonds is 0. The van der Waals surface area contributed by atoms with Crippen LogP contribution >= 0.6 is 7.82 Å². The van der Waals surface area contributed by atoms with Crippen molar-refractivity contribution in [2.24, 2.45) is 0 Å². The number of hydrogen-bond donors (Lipinski definition) is 3. The number of phosphoric acid groups is 1. The van der Waals surface area contributed by atoms with Crippen molar-refractivity contribution in [1.29, 1.82) is 0 Å². The maximum absolute atomic E-state index is 8.88. The molecule has 0 aromatic rings. The van der Waals surface area contributed by atoms with Gasteiger partial charge in [0, 0.05) is 19.5 Å². The van der Waals surface area contributed by atoms with Crippen molar-refractivity contribution in [3.8, 4) is 0 Å². The Hall–Kier alpha value is 0.798. The monoisotopic (exact) mass is 176 g/mol. The molecule has 0 rings (SSSR count). The van der Waals surface area contributed by atoms with Crippen LogP contribution in [0.1, 0.15) is 0 Å². The zero-order valence-corrected chi connectivity index (χ0v) is 6.77. The van der Waals surface area contributed by atoms with E-state index in [-0.39, 0.29) is 27.9 Å². The van der Waals surface area contributed by atoms with E-state index in [9.17, 15) is 0 Å². The molecule has 0 bridgehead atoms. The standard InChI is InChI=1S/BH3.H3O4P.Zn/c;1-5(2,3)4;/h1H3;(H3,1,2,3,4);. The van der Waals surface area contributed by atoms with Gasteiger partial charge < -0.3 is 14.7 Å². The van der Waals surface area contributed by atoms with Crippen LogP contribution in [-0.2, 0) is 24.0 Å². The summed E-state index contributed by atoms with van der Waals surface area (Å²) in [5.74, 6) is 0. The van der Waals surface area contributed by atoms with Crippen LogP contribution in [0, 0.1) is 0 Å². The molecule has 0 atom stereocenters. The Morgan fingerprint density at radius 1 is 1.14 bits per heavy atom. The third kappa shape index (κ3) is 246. The van der Waals surface area contributed by atoms with Gasteiger partial charge in [-0.1, -0.05) is 0 Å². The maximum Gasteiger partial charge on any atom is 0.466 e. The van der Waals surface area contributed by atoms with E-state index in [1.54, 1.807) is 0 Å². The van der Waals surface area contributed by atoms with E-state index in [2.05, 4.69) is 0 Å². The topological polar surface area (TPSA) is 77.8 Å². The molecule has 0 aliphatic rings. The van der Waals surface area contributed by atoms with Crippen molar-refractivity contribution in [3.63, 3.8) is 0 Å². The number of hydrogen-bond acceptors (Lipinski definition) is 1. The Kier molecular flexibility index (Phi) is 11.1. The quantitative estimate of drug-likeness (QED) is 0.292. The van der Waals surface area contributed by atoms with Crippen LogP contribution in [0.5, 0.6) is 0 Å². The second kappa shape index (κ2) is 4.95. The average Bonchev–Trinajstić information content (AvgIpc) is 0.722. The molecule has 0 saturated heterocycles. The van der Waals surface area contributed by atoms with Crippen molar-refractivity contribution < 1.29 is 38.7 Å². The molecule has 0 aliphatic carbocycles. The normalized spacial score (nSPS) is 8.43. The van der Waals surface area contributed by atoms with Gasteiger partial charge >= 0.3 is 7.82 Å². The minimum Gasteiger partial charge on any atom is -0.303 e. The first-order valence-corrected chi connectivity index (χ1v) is 2.35. The fourth-order valence-corrected chi connectivity index (χ4v) is 0. The first-order valence-electron chi connectivity index (χ1n) is 0.783. The van der Waals surface area contributed by atoms with Gasteiger partial charge in [0.15, 0.2) is 0 Å². The van der Waals surface area contributed by atoms with Crippen LogP contribution < -0.4 is 0 Å². The van der Waals surface area contributed by atoms with Gasteiger partial charge in [0.05, 0.1) is 8.41 Å². The fourth-order valence-electron chi connectivity index (χ4n) is 0. The molecule has 4 nitrogen and oxygen atoms in total. The molecule has 0 fully saturated rings. The van der Waals surface area contributed by atoms with Gasteiger partial charge in [-0.25, -0.2) is 4.57 Å². The van der Waals surface area contributed by atoms with Crippen molar-refractivity contribution in [1.82, 2.24) is 0 Å². The summed E-state index contributed by atoms with van der Waals surface area (Å²) in [6, 6.07) is 0. The summed E-state index contributed by atoms with van der Waals surface area (Å²) in [5.41, 5.74) is 0. The fraction of sp³-hybridized carbons (Fsp3) is 0. The molecule has 0 aliphatic heterocycles. The van der Waals surface area contributed by atoms with Crippen LogP contribution in [0.4, 0.5) is 0 Å². The van der Waals surface area contributed by atoms with Crippen LogP contribution in [0.15, 0.2) is 0 Å². The van der Waals surface area contributed by atoms with E-state index in [1.807, 2.05) is 0 Å². The summed E-state index contributed by atoms with van der Waals surface area (Å²) in [6.07, 6.45) is 0. The maximum atomic E-state index is 8.88. The summed E-state index contributed by atoms with van der Waals surface area (Å²) >= 11 is 0. The molecule has 3 N–H and O–H groups in total. The SMILES string of the molecule is B.O=P(O)(O)O.[Zn]. The van der Waals surface area contributed by atoms with Crippen molar-refractivity contribution in [3.05, 3.63) is 0 Å². The van der Waals surface area contributed by atoms with Crippen LogP contribution in [0.2, 0.25) is 0 Å². The molecule has 7 heavy (non-hydrogen) atoms. The second-order valence-electron chi connectivity index (χ2n) is 0.513. The Balaban J connectivity index is -0.0000000800. The minimum atomic E-state index is -4.64. The van der Waals surface area contributed by atoms with E-state index in [0.717, 1.165) is 0 Å². The molecule has 7 heteroatoms. The van der Waals surface area contributed by atoms with E-state index < -0.39 is 7.82 Å². The van der Waals surface area contributed by atoms with Gasteiger partial charge in [0.1, 0.15) is 0 Å². The molecule has 0 saturated carbocycles. The minimum absolute atomic E-state index is 0. The molecular weight excluding hydrogens is 171 g/mol.